The Hall–Kier alpha value is -4.06. The molecule has 0 aromatic heterocycles. The second-order valence-corrected chi connectivity index (χ2v) is 7.43. The maximum atomic E-state index is 13.1. The van der Waals surface area contributed by atoms with Crippen molar-refractivity contribution in [3.63, 3.8) is 0 Å². The summed E-state index contributed by atoms with van der Waals surface area (Å²) in [6, 6.07) is 23.2. The topological polar surface area (TPSA) is 76.1 Å². The van der Waals surface area contributed by atoms with Crippen molar-refractivity contribution in [3.05, 3.63) is 107 Å². The summed E-state index contributed by atoms with van der Waals surface area (Å²) in [6.45, 7) is 0.298. The van der Waals surface area contributed by atoms with Crippen LogP contribution in [-0.2, 0) is 16.1 Å². The van der Waals surface area contributed by atoms with Gasteiger partial charge in [-0.15, -0.1) is 0 Å². The Kier molecular flexibility index (Phi) is 5.94. The number of aliphatic hydroxyl groups excluding tert-OH is 1. The summed E-state index contributed by atoms with van der Waals surface area (Å²) < 4.78 is 10.00. The molecule has 1 N–H and O–H groups in total. The first-order valence-corrected chi connectivity index (χ1v) is 10.1. The number of methoxy groups -OCH3 is 2. The van der Waals surface area contributed by atoms with Crippen molar-refractivity contribution >= 4 is 17.4 Å². The van der Waals surface area contributed by atoms with E-state index in [9.17, 15) is 14.7 Å². The quantitative estimate of drug-likeness (QED) is 0.583. The van der Waals surface area contributed by atoms with Gasteiger partial charge in [0.2, 0.25) is 0 Å². The van der Waals surface area contributed by atoms with Gasteiger partial charge in [0.05, 0.1) is 25.8 Å². The minimum absolute atomic E-state index is 0.272. The van der Waals surface area contributed by atoms with Crippen molar-refractivity contribution in [3.8, 4) is 5.75 Å². The lowest BCUT2D eigenvalue weighted by Crippen LogP contribution is -2.29. The number of benzene rings is 3. The highest BCUT2D eigenvalue weighted by Gasteiger charge is 2.41. The molecule has 0 saturated heterocycles. The molecule has 0 aliphatic carbocycles. The average molecular weight is 429 g/mol. The lowest BCUT2D eigenvalue weighted by Gasteiger charge is -2.27. The Morgan fingerprint density at radius 3 is 2.19 bits per heavy atom. The highest BCUT2D eigenvalue weighted by Crippen LogP contribution is 2.43. The van der Waals surface area contributed by atoms with Gasteiger partial charge >= 0.3 is 5.97 Å². The third-order valence-electron chi connectivity index (χ3n) is 5.55. The van der Waals surface area contributed by atoms with Gasteiger partial charge in [-0.3, -0.25) is 4.79 Å². The number of esters is 1. The first-order valence-electron chi connectivity index (χ1n) is 10.1. The molecule has 1 heterocycles. The number of amides is 1. The van der Waals surface area contributed by atoms with E-state index >= 15 is 0 Å². The van der Waals surface area contributed by atoms with Gasteiger partial charge in [-0.05, 0) is 41.0 Å². The normalized spacial score (nSPS) is 15.8. The summed E-state index contributed by atoms with van der Waals surface area (Å²) in [7, 11) is 2.93. The first kappa shape index (κ1) is 21.2. The minimum atomic E-state index is -0.515. The van der Waals surface area contributed by atoms with E-state index < -0.39 is 17.9 Å². The van der Waals surface area contributed by atoms with Crippen LogP contribution in [0.1, 0.15) is 33.1 Å². The summed E-state index contributed by atoms with van der Waals surface area (Å²) in [5.74, 6) is -0.424. The van der Waals surface area contributed by atoms with Crippen LogP contribution in [0.3, 0.4) is 0 Å². The lowest BCUT2D eigenvalue weighted by molar-refractivity contribution is -0.130. The van der Waals surface area contributed by atoms with Crippen LogP contribution in [0.4, 0.5) is 0 Å². The van der Waals surface area contributed by atoms with Gasteiger partial charge in [-0.25, -0.2) is 4.79 Å². The summed E-state index contributed by atoms with van der Waals surface area (Å²) in [4.78, 5) is 26.6. The van der Waals surface area contributed by atoms with E-state index in [0.29, 0.717) is 17.7 Å². The molecule has 32 heavy (non-hydrogen) atoms. The monoisotopic (exact) mass is 429 g/mol. The molecular weight excluding hydrogens is 406 g/mol. The van der Waals surface area contributed by atoms with Crippen LogP contribution in [-0.4, -0.2) is 36.1 Å². The lowest BCUT2D eigenvalue weighted by atomic mass is 9.93. The van der Waals surface area contributed by atoms with Crippen molar-refractivity contribution in [1.29, 1.82) is 0 Å². The molecule has 6 heteroatoms. The van der Waals surface area contributed by atoms with Crippen LogP contribution in [0.2, 0.25) is 0 Å². The Morgan fingerprint density at radius 1 is 0.938 bits per heavy atom. The predicted molar refractivity (Wildman–Crippen MR) is 120 cm³/mol. The van der Waals surface area contributed by atoms with Gasteiger partial charge < -0.3 is 19.5 Å². The number of hydrogen-bond acceptors (Lipinski definition) is 5. The molecule has 0 unspecified atom stereocenters. The number of ether oxygens (including phenoxy) is 2. The molecule has 0 radical (unpaired) electrons. The van der Waals surface area contributed by atoms with Crippen LogP contribution >= 0.6 is 0 Å². The van der Waals surface area contributed by atoms with E-state index in [-0.39, 0.29) is 5.76 Å². The zero-order chi connectivity index (χ0) is 22.7. The molecule has 3 aromatic carbocycles. The van der Waals surface area contributed by atoms with Crippen molar-refractivity contribution in [2.75, 3.05) is 14.2 Å². The summed E-state index contributed by atoms with van der Waals surface area (Å²) in [5, 5.41) is 10.8. The van der Waals surface area contributed by atoms with Gasteiger partial charge in [0.25, 0.3) is 5.91 Å². The van der Waals surface area contributed by atoms with E-state index in [1.165, 1.54) is 7.11 Å². The number of hydrogen-bond donors (Lipinski definition) is 1. The molecular formula is C26H23NO5. The Balaban J connectivity index is 1.76. The van der Waals surface area contributed by atoms with E-state index in [1.54, 1.807) is 36.3 Å². The SMILES string of the molecule is COC(=O)c1ccc([C@H]2C(c3ccccc3)=C(O)C(=O)N2Cc2ccc(OC)cc2)cc1. The van der Waals surface area contributed by atoms with Crippen molar-refractivity contribution < 1.29 is 24.2 Å². The molecule has 1 amide bonds. The van der Waals surface area contributed by atoms with Crippen LogP contribution < -0.4 is 4.74 Å². The molecule has 3 aromatic rings. The average Bonchev–Trinajstić information content (AvgIpc) is 3.09. The third kappa shape index (κ3) is 3.95. The third-order valence-corrected chi connectivity index (χ3v) is 5.55. The Bertz CT molecular complexity index is 1150. The van der Waals surface area contributed by atoms with Crippen molar-refractivity contribution in [1.82, 2.24) is 4.90 Å². The number of nitrogens with zero attached hydrogens (tertiary/aromatic N) is 1. The smallest absolute Gasteiger partial charge is 0.337 e. The Morgan fingerprint density at radius 2 is 1.59 bits per heavy atom. The van der Waals surface area contributed by atoms with Gasteiger partial charge in [-0.1, -0.05) is 54.6 Å². The molecule has 1 aliphatic rings. The highest BCUT2D eigenvalue weighted by molar-refractivity contribution is 6.05. The van der Waals surface area contributed by atoms with Crippen LogP contribution in [0.15, 0.2) is 84.6 Å². The van der Waals surface area contributed by atoms with Gasteiger partial charge in [0.15, 0.2) is 5.76 Å². The molecule has 4 rings (SSSR count). The molecule has 0 saturated carbocycles. The number of carbonyl (C=O) groups excluding carboxylic acids is 2. The summed E-state index contributed by atoms with van der Waals surface area (Å²) in [5.41, 5.74) is 3.39. The van der Waals surface area contributed by atoms with E-state index in [2.05, 4.69) is 0 Å². The number of aliphatic hydroxyl groups is 1. The zero-order valence-electron chi connectivity index (χ0n) is 17.8. The fourth-order valence-electron chi connectivity index (χ4n) is 3.92. The van der Waals surface area contributed by atoms with E-state index in [0.717, 1.165) is 22.4 Å². The largest absolute Gasteiger partial charge is 0.503 e. The summed E-state index contributed by atoms with van der Waals surface area (Å²) >= 11 is 0. The maximum absolute atomic E-state index is 13.1. The standard InChI is InChI=1S/C26H23NO5/c1-31-21-14-8-17(9-15-21)16-27-23(19-10-12-20(13-11-19)26(30)32-2)22(24(28)25(27)29)18-6-4-3-5-7-18/h3-15,23,28H,16H2,1-2H3/t23-/m0/s1. The number of carbonyl (C=O) groups is 2. The van der Waals surface area contributed by atoms with E-state index in [4.69, 9.17) is 9.47 Å². The van der Waals surface area contributed by atoms with Crippen molar-refractivity contribution in [2.45, 2.75) is 12.6 Å². The van der Waals surface area contributed by atoms with Gasteiger partial charge in [0.1, 0.15) is 5.75 Å². The fraction of sp³-hybridized carbons (Fsp3) is 0.154. The van der Waals surface area contributed by atoms with Crippen LogP contribution in [0, 0.1) is 0 Å². The maximum Gasteiger partial charge on any atom is 0.337 e. The molecule has 6 nitrogen and oxygen atoms in total. The van der Waals surface area contributed by atoms with Gasteiger partial charge in [0, 0.05) is 12.1 Å². The second kappa shape index (κ2) is 8.98. The molecule has 0 spiro atoms. The fourth-order valence-corrected chi connectivity index (χ4v) is 3.92. The molecule has 1 atom stereocenters. The predicted octanol–water partition coefficient (Wildman–Crippen LogP) is 4.53. The van der Waals surface area contributed by atoms with Crippen LogP contribution in [0.25, 0.3) is 5.57 Å². The number of rotatable bonds is 6. The van der Waals surface area contributed by atoms with Crippen LogP contribution in [0.5, 0.6) is 5.75 Å². The second-order valence-electron chi connectivity index (χ2n) is 7.43. The highest BCUT2D eigenvalue weighted by atomic mass is 16.5. The molecule has 0 fully saturated rings. The van der Waals surface area contributed by atoms with Crippen molar-refractivity contribution in [2.24, 2.45) is 0 Å². The summed E-state index contributed by atoms with van der Waals surface area (Å²) in [6.07, 6.45) is 0. The van der Waals surface area contributed by atoms with E-state index in [1.807, 2.05) is 54.6 Å². The molecule has 162 valence electrons. The minimum Gasteiger partial charge on any atom is -0.503 e. The zero-order valence-corrected chi connectivity index (χ0v) is 17.8. The molecule has 1 aliphatic heterocycles. The first-order chi connectivity index (χ1) is 15.5. The molecule has 0 bridgehead atoms. The Labute approximate surface area is 186 Å². The van der Waals surface area contributed by atoms with Gasteiger partial charge in [-0.2, -0.15) is 0 Å².